The smallest absolute Gasteiger partial charge is 0.416 e. The first-order chi connectivity index (χ1) is 50.2. The fourth-order valence-corrected chi connectivity index (χ4v) is 9.72. The molecule has 0 unspecified atom stereocenters. The number of aromatic nitrogens is 14. The molecule has 29 nitrogen and oxygen atoms in total. The van der Waals surface area contributed by atoms with Crippen LogP contribution in [0, 0.1) is 103 Å². The first-order valence-corrected chi connectivity index (χ1v) is 31.4. The molecule has 0 aliphatic rings. The fraction of sp³-hybridized carbons (Fsp3) is 0.192. The number of ether oxygens (including phenoxy) is 2. The van der Waals surface area contributed by atoms with Crippen molar-refractivity contribution >= 4 is 40.9 Å². The van der Waals surface area contributed by atoms with Crippen LogP contribution in [-0.2, 0) is 50.2 Å². The second-order valence-electron chi connectivity index (χ2n) is 23.1. The van der Waals surface area contributed by atoms with Gasteiger partial charge in [-0.2, -0.15) is 75.3 Å². The van der Waals surface area contributed by atoms with Crippen molar-refractivity contribution in [1.29, 1.82) is 31.6 Å². The number of pyridine rings is 2. The van der Waals surface area contributed by atoms with Crippen molar-refractivity contribution in [3.05, 3.63) is 265 Å². The molecule has 8 aromatic heterocycles. The summed E-state index contributed by atoms with van der Waals surface area (Å²) in [6.07, 6.45) is 10.4. The number of alkyl halides is 3. The maximum Gasteiger partial charge on any atom is 0.416 e. The molecular weight excluding hydrogens is 1350 g/mol. The summed E-state index contributed by atoms with van der Waals surface area (Å²) < 4.78 is 57.9. The number of carbonyl (C=O) groups is 1. The Bertz CT molecular complexity index is 5270. The highest BCUT2D eigenvalue weighted by atomic mass is 19.4. The number of esters is 1. The van der Waals surface area contributed by atoms with Gasteiger partial charge in [-0.15, -0.1) is 0 Å². The number of hydrogen-bond donors (Lipinski definition) is 6. The number of nitrogens with two attached hydrogens (primary N) is 6. The summed E-state index contributed by atoms with van der Waals surface area (Å²) in [7, 11) is 2.97. The number of nitrogens with zero attached hydrogens (tertiary/aromatic N) is 20. The highest BCUT2D eigenvalue weighted by Gasteiger charge is 2.32. The number of benzene rings is 4. The van der Waals surface area contributed by atoms with Gasteiger partial charge in [-0.1, -0.05) is 60.7 Å². The quantitative estimate of drug-likeness (QED) is 0.0552. The Morgan fingerprint density at radius 2 is 0.867 bits per heavy atom. The summed E-state index contributed by atoms with van der Waals surface area (Å²) in [6, 6.07) is 42.7. The number of nitrogen functional groups attached to an aromatic ring is 6. The number of methoxy groups -OCH3 is 2. The molecule has 532 valence electrons. The van der Waals surface area contributed by atoms with Crippen molar-refractivity contribution in [3.63, 3.8) is 0 Å². The normalized spacial score (nSPS) is 10.2. The van der Waals surface area contributed by atoms with E-state index >= 15 is 0 Å². The number of aryl methyl sites for hydroxylation is 5. The molecule has 0 saturated heterocycles. The number of hydrogen-bond acceptors (Lipinski definition) is 23. The Hall–Kier alpha value is -14.8. The Labute approximate surface area is 601 Å². The predicted octanol–water partition coefficient (Wildman–Crippen LogP) is 9.46. The highest BCUT2D eigenvalue weighted by Crippen LogP contribution is 2.33. The van der Waals surface area contributed by atoms with Crippen molar-refractivity contribution in [2.75, 3.05) is 48.6 Å². The molecule has 0 atom stereocenters. The van der Waals surface area contributed by atoms with Gasteiger partial charge in [0.25, 0.3) is 0 Å². The van der Waals surface area contributed by atoms with Gasteiger partial charge >= 0.3 is 12.1 Å². The van der Waals surface area contributed by atoms with E-state index in [4.69, 9.17) is 70.7 Å². The van der Waals surface area contributed by atoms with Crippen LogP contribution in [0.5, 0.6) is 5.75 Å². The van der Waals surface area contributed by atoms with Crippen LogP contribution in [0.1, 0.15) is 111 Å². The Balaban J connectivity index is 0.000000176. The molecule has 4 aromatic carbocycles. The van der Waals surface area contributed by atoms with Crippen LogP contribution in [0.15, 0.2) is 159 Å². The number of halogens is 3. The van der Waals surface area contributed by atoms with Gasteiger partial charge in [0.1, 0.15) is 75.5 Å². The molecule has 8 heterocycles. The molecule has 0 radical (unpaired) electrons. The van der Waals surface area contributed by atoms with Crippen LogP contribution in [-0.4, -0.2) is 88.8 Å². The van der Waals surface area contributed by atoms with Gasteiger partial charge in [-0.3, -0.25) is 38.1 Å². The molecule has 0 saturated carbocycles. The molecule has 0 bridgehead atoms. The van der Waals surface area contributed by atoms with E-state index in [0.717, 1.165) is 50.9 Å². The molecule has 0 aliphatic carbocycles. The molecule has 105 heavy (non-hydrogen) atoms. The van der Waals surface area contributed by atoms with Gasteiger partial charge in [0, 0.05) is 61.3 Å². The second kappa shape index (κ2) is 36.4. The molecule has 0 spiro atoms. The van der Waals surface area contributed by atoms with Gasteiger partial charge in [-0.05, 0) is 127 Å². The lowest BCUT2D eigenvalue weighted by atomic mass is 10.0. The van der Waals surface area contributed by atoms with E-state index in [0.29, 0.717) is 71.7 Å². The number of carbonyl (C=O) groups excluding carboxylic acids is 1. The Kier molecular flexibility index (Phi) is 26.9. The summed E-state index contributed by atoms with van der Waals surface area (Å²) in [5, 5.41) is 76.8. The maximum atomic E-state index is 12.8. The minimum absolute atomic E-state index is 0.0654. The van der Waals surface area contributed by atoms with Gasteiger partial charge in [-0.25, -0.2) is 4.79 Å². The van der Waals surface area contributed by atoms with E-state index in [1.54, 1.807) is 104 Å². The summed E-state index contributed by atoms with van der Waals surface area (Å²) in [6.45, 7) is 12.4. The third-order valence-corrected chi connectivity index (χ3v) is 15.3. The van der Waals surface area contributed by atoms with Gasteiger partial charge in [0.05, 0.1) is 70.3 Å². The maximum absolute atomic E-state index is 12.8. The number of anilines is 6. The summed E-state index contributed by atoms with van der Waals surface area (Å²) in [5.74, 6) is 1.75. The van der Waals surface area contributed by atoms with E-state index in [9.17, 15) is 18.0 Å². The molecule has 32 heteroatoms. The van der Waals surface area contributed by atoms with E-state index in [-0.39, 0.29) is 58.5 Å². The lowest BCUT2D eigenvalue weighted by Crippen LogP contribution is -2.09. The van der Waals surface area contributed by atoms with Crippen molar-refractivity contribution < 1.29 is 27.4 Å². The summed E-state index contributed by atoms with van der Waals surface area (Å²) >= 11 is 0. The number of rotatable bonds is 14. The largest absolute Gasteiger partial charge is 0.496 e. The number of nitriles is 6. The molecule has 0 aliphatic heterocycles. The van der Waals surface area contributed by atoms with E-state index in [2.05, 4.69) is 77.3 Å². The third kappa shape index (κ3) is 22.1. The van der Waals surface area contributed by atoms with E-state index in [1.807, 2.05) is 98.8 Å². The van der Waals surface area contributed by atoms with Gasteiger partial charge in [0.2, 0.25) is 0 Å². The lowest BCUT2D eigenvalue weighted by Gasteiger charge is -2.12. The van der Waals surface area contributed by atoms with Crippen molar-refractivity contribution in [2.24, 2.45) is 0 Å². The topological polar surface area (TPSA) is 467 Å². The van der Waals surface area contributed by atoms with Gasteiger partial charge in [0.15, 0.2) is 34.9 Å². The zero-order valence-corrected chi connectivity index (χ0v) is 58.0. The van der Waals surface area contributed by atoms with Crippen molar-refractivity contribution in [1.82, 2.24) is 68.7 Å². The SMILES string of the molecule is COC(=O)c1cccc(Cn2cc(C#N)c(N)n2)c1.COc1cc(C)ccc1Cn1cc(C#N)c(N)n1.Cc1ccc(Cn2cc(C#N)c(N)n2)cc1C.Cc1ccc(Cn2cc(C#N)c(N)n2)cc1C(F)(F)F.Cc1ccncc1Cn1cc(C#N)c(N)n1.N#Cc1cn(Cc2ccccn2)nc1N. The molecule has 0 fully saturated rings. The molecule has 0 amide bonds. The highest BCUT2D eigenvalue weighted by molar-refractivity contribution is 5.89. The molecule has 12 N–H and O–H groups in total. The second-order valence-corrected chi connectivity index (χ2v) is 23.1. The average molecular weight is 1420 g/mol. The van der Waals surface area contributed by atoms with Crippen LogP contribution in [0.25, 0.3) is 0 Å². The first kappa shape index (κ1) is 77.6. The zero-order valence-electron chi connectivity index (χ0n) is 58.0. The monoisotopic (exact) mass is 1420 g/mol. The van der Waals surface area contributed by atoms with Crippen LogP contribution < -0.4 is 39.1 Å². The molecule has 12 aromatic rings. The standard InChI is InChI=1S/C13H11F3N4.C13H12N4O2.C13H14N4O.C13H14N4.C11H11N5.C10H9N5/c1-8-2-3-9(4-11(8)13(14,15)16)6-20-7-10(5-17)12(18)19-20;1-19-13(18)10-4-2-3-9(5-10)7-17-8-11(6-14)12(15)16-17;1-9-3-4-10(12(5-9)18-2)7-17-8-11(6-14)13(15)16-17;1-9-3-4-11(5-10(9)2)7-17-8-12(6-14)13(15)16-17;1-8-2-3-14-5-10(8)7-16-6-9(4-12)11(13)15-16;11-5-8-6-15(14-10(8)12)7-9-3-1-2-4-13-9/h2-4,7H,6H2,1H3,(H2,18,19);2-5,8H,7H2,1H3,(H2,15,16);3-5,8H,7H2,1-2H3,(H2,15,16);3-5,8H,7H2,1-2H3,(H2,15,16);2-3,5-6H,7H2,1H3,(H2,13,15);1-4,6H,7H2,(H2,12,14). The minimum atomic E-state index is -4.39. The average Bonchev–Trinajstić information content (AvgIpc) is 1.26. The first-order valence-electron chi connectivity index (χ1n) is 31.4. The summed E-state index contributed by atoms with van der Waals surface area (Å²) in [4.78, 5) is 19.6. The zero-order chi connectivity index (χ0) is 76.5. The lowest BCUT2D eigenvalue weighted by molar-refractivity contribution is -0.138. The Morgan fingerprint density at radius 3 is 1.27 bits per heavy atom. The van der Waals surface area contributed by atoms with E-state index < -0.39 is 11.7 Å². The summed E-state index contributed by atoms with van der Waals surface area (Å²) in [5.41, 5.74) is 45.7. The van der Waals surface area contributed by atoms with Crippen molar-refractivity contribution in [3.8, 4) is 42.2 Å². The van der Waals surface area contributed by atoms with Crippen LogP contribution in [0.4, 0.5) is 48.1 Å². The fourth-order valence-electron chi connectivity index (χ4n) is 9.72. The van der Waals surface area contributed by atoms with Crippen molar-refractivity contribution in [2.45, 2.75) is 80.1 Å². The van der Waals surface area contributed by atoms with Gasteiger partial charge < -0.3 is 43.9 Å². The minimum Gasteiger partial charge on any atom is -0.496 e. The molecule has 12 rings (SSSR count). The molecular formula is C73H71F3N26O3. The van der Waals surface area contributed by atoms with E-state index in [1.165, 1.54) is 42.1 Å². The Morgan fingerprint density at radius 1 is 0.438 bits per heavy atom. The third-order valence-electron chi connectivity index (χ3n) is 15.3. The van der Waals surface area contributed by atoms with Crippen LogP contribution >= 0.6 is 0 Å². The van der Waals surface area contributed by atoms with Crippen LogP contribution in [0.2, 0.25) is 0 Å². The van der Waals surface area contributed by atoms with Crippen LogP contribution in [0.3, 0.4) is 0 Å². The predicted molar refractivity (Wildman–Crippen MR) is 384 cm³/mol.